The minimum Gasteiger partial charge on any atom is -0.455 e. The predicted octanol–water partition coefficient (Wildman–Crippen LogP) is -0.169. The molecule has 0 saturated carbocycles. The second-order valence-corrected chi connectivity index (χ2v) is 6.04. The van der Waals surface area contributed by atoms with Crippen molar-refractivity contribution in [2.45, 2.75) is 50.4 Å². The molecule has 126 valence electrons. The van der Waals surface area contributed by atoms with Crippen LogP contribution < -0.4 is 0 Å². The molecule has 7 nitrogen and oxygen atoms in total. The summed E-state index contributed by atoms with van der Waals surface area (Å²) in [4.78, 5) is 25.0. The van der Waals surface area contributed by atoms with E-state index in [-0.39, 0.29) is 13.2 Å². The Morgan fingerprint density at radius 3 is 2.78 bits per heavy atom. The maximum Gasteiger partial charge on any atom is 0.303 e. The summed E-state index contributed by atoms with van der Waals surface area (Å²) in [6, 6.07) is -0.796. The van der Waals surface area contributed by atoms with Crippen LogP contribution in [0.2, 0.25) is 0 Å². The van der Waals surface area contributed by atoms with E-state index < -0.39 is 41.5 Å². The van der Waals surface area contributed by atoms with Gasteiger partial charge >= 0.3 is 5.97 Å². The molecule has 2 fully saturated rings. The van der Waals surface area contributed by atoms with E-state index in [9.17, 15) is 14.7 Å². The zero-order chi connectivity index (χ0) is 17.4. The van der Waals surface area contributed by atoms with Gasteiger partial charge in [-0.25, -0.2) is 0 Å². The Morgan fingerprint density at radius 2 is 2.35 bits per heavy atom. The van der Waals surface area contributed by atoms with Crippen molar-refractivity contribution < 1.29 is 28.9 Å². The third-order valence-corrected chi connectivity index (χ3v) is 3.98. The van der Waals surface area contributed by atoms with Crippen LogP contribution in [0.15, 0.2) is 12.7 Å². The fourth-order valence-electron chi connectivity index (χ4n) is 3.06. The lowest BCUT2D eigenvalue weighted by Gasteiger charge is -2.55. The molecule has 1 amide bonds. The highest BCUT2D eigenvalue weighted by Gasteiger charge is 2.68. The first kappa shape index (κ1) is 17.5. The van der Waals surface area contributed by atoms with Crippen molar-refractivity contribution in [2.24, 2.45) is 0 Å². The zero-order valence-corrected chi connectivity index (χ0v) is 13.4. The second kappa shape index (κ2) is 5.96. The van der Waals surface area contributed by atoms with Gasteiger partial charge in [0, 0.05) is 6.92 Å². The number of aliphatic hydroxyl groups is 1. The van der Waals surface area contributed by atoms with Gasteiger partial charge in [0.05, 0.1) is 13.2 Å². The van der Waals surface area contributed by atoms with Crippen molar-refractivity contribution in [2.75, 3.05) is 13.2 Å². The minimum atomic E-state index is -1.97. The Hall–Kier alpha value is -1.88. The summed E-state index contributed by atoms with van der Waals surface area (Å²) < 4.78 is 16.3. The summed E-state index contributed by atoms with van der Waals surface area (Å²) in [6.07, 6.45) is 4.72. The Labute approximate surface area is 135 Å². The summed E-state index contributed by atoms with van der Waals surface area (Å²) in [5.74, 6) is 0.282. The maximum absolute atomic E-state index is 12.4. The Balaban J connectivity index is 2.32. The van der Waals surface area contributed by atoms with E-state index in [4.69, 9.17) is 20.6 Å². The molecule has 0 spiro atoms. The van der Waals surface area contributed by atoms with E-state index in [1.165, 1.54) is 17.9 Å². The van der Waals surface area contributed by atoms with Crippen LogP contribution in [0.25, 0.3) is 0 Å². The molecule has 2 heterocycles. The molecule has 2 aliphatic rings. The monoisotopic (exact) mass is 323 g/mol. The molecule has 0 bridgehead atoms. The van der Waals surface area contributed by atoms with Crippen molar-refractivity contribution in [1.82, 2.24) is 4.90 Å². The molecule has 2 rings (SSSR count). The van der Waals surface area contributed by atoms with Crippen molar-refractivity contribution >= 4 is 11.9 Å². The van der Waals surface area contributed by atoms with E-state index in [0.29, 0.717) is 0 Å². The normalized spacial score (nSPS) is 33.5. The number of β-lactam (4-membered cyclic amide) rings is 1. The number of likely N-dealkylation sites (tertiary alicyclic amines) is 1. The molecule has 1 N–H and O–H groups in total. The highest BCUT2D eigenvalue weighted by Crippen LogP contribution is 2.41. The summed E-state index contributed by atoms with van der Waals surface area (Å²) in [5.41, 5.74) is -1.97. The average molecular weight is 323 g/mol. The summed E-state index contributed by atoms with van der Waals surface area (Å²) in [5, 5.41) is 10.9. The number of ether oxygens (including phenoxy) is 3. The fourth-order valence-corrected chi connectivity index (χ4v) is 3.06. The first-order valence-electron chi connectivity index (χ1n) is 7.26. The van der Waals surface area contributed by atoms with Crippen LogP contribution in [-0.2, 0) is 23.8 Å². The van der Waals surface area contributed by atoms with Gasteiger partial charge in [-0.2, -0.15) is 0 Å². The molecule has 4 atom stereocenters. The van der Waals surface area contributed by atoms with E-state index in [1.54, 1.807) is 13.8 Å². The van der Waals surface area contributed by atoms with Crippen molar-refractivity contribution in [3.05, 3.63) is 12.7 Å². The maximum atomic E-state index is 12.4. The number of hydrogen-bond acceptors (Lipinski definition) is 6. The lowest BCUT2D eigenvalue weighted by atomic mass is 9.74. The SMILES string of the molecule is C#CCN1C(=O)[C@@](O)([C@H](C=C)OC(C)=O)[C@@H]1[C@H]1COC(C)(C)O1. The quantitative estimate of drug-likeness (QED) is 0.327. The highest BCUT2D eigenvalue weighted by molar-refractivity contribution is 5.94. The van der Waals surface area contributed by atoms with Crippen molar-refractivity contribution in [3.63, 3.8) is 0 Å². The lowest BCUT2D eigenvalue weighted by Crippen LogP contribution is -2.81. The van der Waals surface area contributed by atoms with E-state index in [0.717, 1.165) is 0 Å². The largest absolute Gasteiger partial charge is 0.455 e. The number of esters is 1. The minimum absolute atomic E-state index is 0.00995. The van der Waals surface area contributed by atoms with E-state index >= 15 is 0 Å². The molecule has 7 heteroatoms. The molecule has 0 unspecified atom stereocenters. The number of hydrogen-bond donors (Lipinski definition) is 1. The van der Waals surface area contributed by atoms with Gasteiger partial charge in [0.15, 0.2) is 11.9 Å². The first-order valence-corrected chi connectivity index (χ1v) is 7.26. The van der Waals surface area contributed by atoms with Gasteiger partial charge in [0.2, 0.25) is 5.60 Å². The van der Waals surface area contributed by atoms with Crippen molar-refractivity contribution in [3.8, 4) is 12.3 Å². The molecular formula is C16H21NO6. The van der Waals surface area contributed by atoms with Crippen molar-refractivity contribution in [1.29, 1.82) is 0 Å². The molecule has 2 aliphatic heterocycles. The van der Waals surface area contributed by atoms with Gasteiger partial charge < -0.3 is 24.2 Å². The number of carbonyl (C=O) groups is 2. The predicted molar refractivity (Wildman–Crippen MR) is 79.9 cm³/mol. The number of carbonyl (C=O) groups excluding carboxylic acids is 2. The third kappa shape index (κ3) is 2.85. The molecule has 0 aromatic carbocycles. The Bertz CT molecular complexity index is 565. The molecule has 0 aromatic heterocycles. The molecule has 0 radical (unpaired) electrons. The molecule has 2 saturated heterocycles. The van der Waals surface area contributed by atoms with Crippen LogP contribution in [0.1, 0.15) is 20.8 Å². The van der Waals surface area contributed by atoms with Gasteiger partial charge in [-0.1, -0.05) is 12.5 Å². The number of nitrogens with zero attached hydrogens (tertiary/aromatic N) is 1. The number of rotatable bonds is 5. The van der Waals surface area contributed by atoms with Gasteiger partial charge in [-0.05, 0) is 19.9 Å². The van der Waals surface area contributed by atoms with Gasteiger partial charge in [0.1, 0.15) is 12.1 Å². The van der Waals surface area contributed by atoms with Gasteiger partial charge in [-0.3, -0.25) is 9.59 Å². The van der Waals surface area contributed by atoms with E-state index in [1.807, 2.05) is 0 Å². The van der Waals surface area contributed by atoms with Gasteiger partial charge in [-0.15, -0.1) is 6.42 Å². The number of amides is 1. The topological polar surface area (TPSA) is 85.3 Å². The number of terminal acetylenes is 1. The lowest BCUT2D eigenvalue weighted by molar-refractivity contribution is -0.232. The highest BCUT2D eigenvalue weighted by atomic mass is 16.7. The average Bonchev–Trinajstić information content (AvgIpc) is 2.82. The third-order valence-electron chi connectivity index (χ3n) is 3.98. The summed E-state index contributed by atoms with van der Waals surface area (Å²) in [7, 11) is 0. The summed E-state index contributed by atoms with van der Waals surface area (Å²) in [6.45, 7) is 8.38. The van der Waals surface area contributed by atoms with Crippen LogP contribution in [-0.4, -0.2) is 64.7 Å². The molecule has 0 aliphatic carbocycles. The van der Waals surface area contributed by atoms with Crippen LogP contribution >= 0.6 is 0 Å². The smallest absolute Gasteiger partial charge is 0.303 e. The van der Waals surface area contributed by atoms with Crippen LogP contribution in [0.3, 0.4) is 0 Å². The fraction of sp³-hybridized carbons (Fsp3) is 0.625. The Kier molecular flexibility index (Phi) is 4.53. The van der Waals surface area contributed by atoms with Crippen LogP contribution in [0.5, 0.6) is 0 Å². The Morgan fingerprint density at radius 1 is 1.70 bits per heavy atom. The second-order valence-electron chi connectivity index (χ2n) is 6.04. The first-order chi connectivity index (χ1) is 10.7. The standard InChI is InChI=1S/C16H21NO6/c1-6-8-17-13(11-9-21-15(4,5)23-11)16(20,14(17)19)12(7-2)22-10(3)18/h1,7,11-13,20H,2,8-9H2,3-5H3/t11-,12+,13+,16-/m1/s1. The van der Waals surface area contributed by atoms with E-state index in [2.05, 4.69) is 12.5 Å². The molecular weight excluding hydrogens is 302 g/mol. The van der Waals surface area contributed by atoms with Crippen LogP contribution in [0, 0.1) is 12.3 Å². The molecule has 23 heavy (non-hydrogen) atoms. The van der Waals surface area contributed by atoms with Gasteiger partial charge in [0.25, 0.3) is 5.91 Å². The summed E-state index contributed by atoms with van der Waals surface area (Å²) >= 11 is 0. The molecule has 0 aromatic rings. The van der Waals surface area contributed by atoms with Crippen LogP contribution in [0.4, 0.5) is 0 Å². The zero-order valence-electron chi connectivity index (χ0n) is 13.4.